The van der Waals surface area contributed by atoms with E-state index in [1.165, 1.54) is 0 Å². The number of halogens is 1. The van der Waals surface area contributed by atoms with Crippen molar-refractivity contribution >= 4 is 40.3 Å². The summed E-state index contributed by atoms with van der Waals surface area (Å²) in [6.07, 6.45) is 0. The van der Waals surface area contributed by atoms with E-state index in [0.717, 1.165) is 22.6 Å². The van der Waals surface area contributed by atoms with Gasteiger partial charge in [-0.3, -0.25) is 9.48 Å². The smallest absolute Gasteiger partial charge is 0.295 e. The number of thiocarbonyl (C=S) groups is 1. The molecule has 0 spiro atoms. The molecule has 0 aliphatic carbocycles. The molecule has 26 heavy (non-hydrogen) atoms. The van der Waals surface area contributed by atoms with E-state index in [4.69, 9.17) is 23.8 Å². The first-order valence-electron chi connectivity index (χ1n) is 8.06. The first kappa shape index (κ1) is 18.2. The maximum absolute atomic E-state index is 12.9. The summed E-state index contributed by atoms with van der Waals surface area (Å²) in [6.45, 7) is 3.81. The Labute approximate surface area is 162 Å². The van der Waals surface area contributed by atoms with Crippen molar-refractivity contribution in [2.45, 2.75) is 13.8 Å². The Bertz CT molecular complexity index is 1020. The number of hydrogen-bond acceptors (Lipinski definition) is 2. The van der Waals surface area contributed by atoms with Gasteiger partial charge in [0.15, 0.2) is 5.11 Å². The van der Waals surface area contributed by atoms with E-state index in [-0.39, 0.29) is 5.56 Å². The lowest BCUT2D eigenvalue weighted by molar-refractivity contribution is 0.630. The fourth-order valence-corrected chi connectivity index (χ4v) is 3.19. The molecule has 1 aromatic heterocycles. The van der Waals surface area contributed by atoms with Crippen LogP contribution >= 0.6 is 23.8 Å². The van der Waals surface area contributed by atoms with Gasteiger partial charge in [-0.1, -0.05) is 29.8 Å². The van der Waals surface area contributed by atoms with Crippen molar-refractivity contribution in [1.82, 2.24) is 9.36 Å². The molecule has 0 saturated carbocycles. The molecule has 1 heterocycles. The highest BCUT2D eigenvalue weighted by Crippen LogP contribution is 2.20. The van der Waals surface area contributed by atoms with E-state index in [2.05, 4.69) is 10.6 Å². The zero-order valence-corrected chi connectivity index (χ0v) is 16.3. The number of aryl methyl sites for hydroxylation is 1. The third kappa shape index (κ3) is 3.52. The van der Waals surface area contributed by atoms with Gasteiger partial charge in [0.25, 0.3) is 5.56 Å². The molecule has 0 radical (unpaired) electrons. The maximum atomic E-state index is 12.9. The molecule has 2 aromatic carbocycles. The zero-order valence-electron chi connectivity index (χ0n) is 14.7. The molecule has 0 atom stereocenters. The molecule has 0 amide bonds. The van der Waals surface area contributed by atoms with Gasteiger partial charge < -0.3 is 10.6 Å². The van der Waals surface area contributed by atoms with Gasteiger partial charge in [0.05, 0.1) is 11.4 Å². The Hall–Kier alpha value is -2.57. The summed E-state index contributed by atoms with van der Waals surface area (Å²) in [5.41, 5.74) is 3.67. The topological polar surface area (TPSA) is 51.0 Å². The van der Waals surface area contributed by atoms with Crippen LogP contribution in [0.15, 0.2) is 53.3 Å². The quantitative estimate of drug-likeness (QED) is 0.660. The summed E-state index contributed by atoms with van der Waals surface area (Å²) in [7, 11) is 1.84. The molecule has 0 aliphatic heterocycles. The summed E-state index contributed by atoms with van der Waals surface area (Å²) in [5, 5.41) is 7.16. The number of nitrogens with zero attached hydrogens (tertiary/aromatic N) is 2. The van der Waals surface area contributed by atoms with Gasteiger partial charge >= 0.3 is 0 Å². The van der Waals surface area contributed by atoms with Crippen LogP contribution in [0.25, 0.3) is 5.69 Å². The predicted octanol–water partition coefficient (Wildman–Crippen LogP) is 4.26. The molecule has 0 fully saturated rings. The average Bonchev–Trinajstić information content (AvgIpc) is 2.82. The lowest BCUT2D eigenvalue weighted by atomic mass is 10.2. The van der Waals surface area contributed by atoms with Crippen molar-refractivity contribution in [2.24, 2.45) is 7.05 Å². The van der Waals surface area contributed by atoms with Gasteiger partial charge in [-0.2, -0.15) is 0 Å². The summed E-state index contributed by atoms with van der Waals surface area (Å²) in [4.78, 5) is 12.9. The Kier molecular flexibility index (Phi) is 5.15. The third-order valence-electron chi connectivity index (χ3n) is 4.23. The Morgan fingerprint density at radius 2 is 1.77 bits per heavy atom. The largest absolute Gasteiger partial charge is 0.332 e. The van der Waals surface area contributed by atoms with Gasteiger partial charge in [-0.05, 0) is 62.0 Å². The fraction of sp³-hybridized carbons (Fsp3) is 0.158. The van der Waals surface area contributed by atoms with E-state index >= 15 is 0 Å². The number of rotatable bonds is 3. The first-order valence-corrected chi connectivity index (χ1v) is 8.85. The van der Waals surface area contributed by atoms with Gasteiger partial charge in [0, 0.05) is 17.8 Å². The number of aromatic nitrogens is 2. The monoisotopic (exact) mass is 386 g/mol. The molecule has 0 saturated heterocycles. The predicted molar refractivity (Wildman–Crippen MR) is 112 cm³/mol. The summed E-state index contributed by atoms with van der Waals surface area (Å²) < 4.78 is 3.41. The Morgan fingerprint density at radius 1 is 1.08 bits per heavy atom. The average molecular weight is 387 g/mol. The zero-order chi connectivity index (χ0) is 18.8. The van der Waals surface area contributed by atoms with Crippen LogP contribution in [0.5, 0.6) is 0 Å². The SMILES string of the molecule is Cc1cc(Cl)ccc1NC(=S)Nc1c(C)n(C)n(-c2ccccc2)c1=O. The number of para-hydroxylation sites is 1. The van der Waals surface area contributed by atoms with Crippen LogP contribution in [0, 0.1) is 13.8 Å². The molecule has 0 aliphatic rings. The lowest BCUT2D eigenvalue weighted by Crippen LogP contribution is -2.25. The molecular weight excluding hydrogens is 368 g/mol. The molecule has 0 unspecified atom stereocenters. The second-order valence-corrected chi connectivity index (χ2v) is 6.82. The highest BCUT2D eigenvalue weighted by molar-refractivity contribution is 7.80. The van der Waals surface area contributed by atoms with Crippen LogP contribution in [0.4, 0.5) is 11.4 Å². The van der Waals surface area contributed by atoms with Gasteiger partial charge in [0.2, 0.25) is 0 Å². The van der Waals surface area contributed by atoms with Crippen molar-refractivity contribution in [2.75, 3.05) is 10.6 Å². The standard InChI is InChI=1S/C19H19ClN4OS/c1-12-11-14(20)9-10-16(12)21-19(26)22-17-13(2)23(3)24(18(17)25)15-7-5-4-6-8-15/h4-11H,1-3H3,(H2,21,22,26). The van der Waals surface area contributed by atoms with E-state index in [1.54, 1.807) is 15.4 Å². The van der Waals surface area contributed by atoms with Crippen LogP contribution in [-0.4, -0.2) is 14.5 Å². The van der Waals surface area contributed by atoms with Crippen LogP contribution < -0.4 is 16.2 Å². The first-order chi connectivity index (χ1) is 12.4. The van der Waals surface area contributed by atoms with Gasteiger partial charge in [0.1, 0.15) is 5.69 Å². The van der Waals surface area contributed by atoms with E-state index in [1.807, 2.05) is 63.4 Å². The minimum atomic E-state index is -0.159. The van der Waals surface area contributed by atoms with Crippen molar-refractivity contribution in [1.29, 1.82) is 0 Å². The van der Waals surface area contributed by atoms with Crippen LogP contribution in [0.3, 0.4) is 0 Å². The number of nitrogens with one attached hydrogen (secondary N) is 2. The molecule has 2 N–H and O–H groups in total. The highest BCUT2D eigenvalue weighted by atomic mass is 35.5. The van der Waals surface area contributed by atoms with E-state index in [0.29, 0.717) is 15.8 Å². The molecule has 7 heteroatoms. The number of hydrogen-bond donors (Lipinski definition) is 2. The van der Waals surface area contributed by atoms with Gasteiger partial charge in [-0.15, -0.1) is 0 Å². The molecule has 0 bridgehead atoms. The van der Waals surface area contributed by atoms with Crippen molar-refractivity contribution in [3.63, 3.8) is 0 Å². The molecule has 3 rings (SSSR count). The Morgan fingerprint density at radius 3 is 2.42 bits per heavy atom. The van der Waals surface area contributed by atoms with Crippen molar-refractivity contribution in [3.8, 4) is 5.69 Å². The highest BCUT2D eigenvalue weighted by Gasteiger charge is 2.17. The van der Waals surface area contributed by atoms with Crippen molar-refractivity contribution < 1.29 is 0 Å². The van der Waals surface area contributed by atoms with Crippen LogP contribution in [0.2, 0.25) is 5.02 Å². The second kappa shape index (κ2) is 7.35. The van der Waals surface area contributed by atoms with Gasteiger partial charge in [-0.25, -0.2) is 4.68 Å². The number of benzene rings is 2. The Balaban J connectivity index is 1.88. The molecule has 5 nitrogen and oxygen atoms in total. The summed E-state index contributed by atoms with van der Waals surface area (Å²) in [6, 6.07) is 15.0. The van der Waals surface area contributed by atoms with E-state index < -0.39 is 0 Å². The second-order valence-electron chi connectivity index (χ2n) is 5.97. The van der Waals surface area contributed by atoms with Crippen molar-refractivity contribution in [3.05, 3.63) is 75.2 Å². The summed E-state index contributed by atoms with van der Waals surface area (Å²) in [5.74, 6) is 0. The fourth-order valence-electron chi connectivity index (χ4n) is 2.75. The summed E-state index contributed by atoms with van der Waals surface area (Å²) >= 11 is 11.4. The van der Waals surface area contributed by atoms with Crippen LogP contribution in [0.1, 0.15) is 11.3 Å². The molecular formula is C19H19ClN4OS. The third-order valence-corrected chi connectivity index (χ3v) is 4.67. The van der Waals surface area contributed by atoms with E-state index in [9.17, 15) is 4.79 Å². The molecule has 134 valence electrons. The maximum Gasteiger partial charge on any atom is 0.295 e. The lowest BCUT2D eigenvalue weighted by Gasteiger charge is -2.12. The molecule has 3 aromatic rings. The van der Waals surface area contributed by atoms with Crippen LogP contribution in [-0.2, 0) is 7.05 Å². The minimum Gasteiger partial charge on any atom is -0.332 e. The minimum absolute atomic E-state index is 0.159. The normalized spacial score (nSPS) is 10.6. The number of anilines is 2.